The molecule has 26 heavy (non-hydrogen) atoms. The summed E-state index contributed by atoms with van der Waals surface area (Å²) < 4.78 is 11.3. The van der Waals surface area contributed by atoms with E-state index in [0.29, 0.717) is 24.2 Å². The summed E-state index contributed by atoms with van der Waals surface area (Å²) in [6.07, 6.45) is 5.53. The quantitative estimate of drug-likeness (QED) is 0.623. The van der Waals surface area contributed by atoms with Crippen LogP contribution in [0.5, 0.6) is 5.75 Å². The van der Waals surface area contributed by atoms with E-state index in [1.165, 1.54) is 24.9 Å². The van der Waals surface area contributed by atoms with Crippen LogP contribution in [0.15, 0.2) is 29.3 Å². The number of methoxy groups -OCH3 is 1. The van der Waals surface area contributed by atoms with Crippen molar-refractivity contribution in [2.45, 2.75) is 43.9 Å². The molecule has 0 spiro atoms. The van der Waals surface area contributed by atoms with Crippen LogP contribution in [0.2, 0.25) is 0 Å². The Morgan fingerprint density at radius 1 is 1.35 bits per heavy atom. The van der Waals surface area contributed by atoms with E-state index in [4.69, 9.17) is 9.47 Å². The highest BCUT2D eigenvalue weighted by atomic mass is 16.5. The minimum atomic E-state index is 0.369. The van der Waals surface area contributed by atoms with Crippen molar-refractivity contribution in [3.63, 3.8) is 0 Å². The molecule has 3 aliphatic rings. The number of anilines is 1. The fourth-order valence-electron chi connectivity index (χ4n) is 4.44. The number of rotatable bonds is 5. The number of nitrogens with one attached hydrogen (secondary N) is 2. The van der Waals surface area contributed by atoms with Crippen molar-refractivity contribution in [3.8, 4) is 5.75 Å². The SMILES string of the molecule is CN=C(NCC1CCN(c2cccc(OC)c2)C1)NC1CC2CCC1O2. The maximum absolute atomic E-state index is 5.93. The average Bonchev–Trinajstić information content (AvgIpc) is 3.42. The van der Waals surface area contributed by atoms with Crippen molar-refractivity contribution in [2.24, 2.45) is 10.9 Å². The van der Waals surface area contributed by atoms with E-state index < -0.39 is 0 Å². The molecule has 1 aromatic rings. The van der Waals surface area contributed by atoms with Gasteiger partial charge in [-0.25, -0.2) is 0 Å². The molecule has 1 aromatic carbocycles. The van der Waals surface area contributed by atoms with Crippen LogP contribution in [0.25, 0.3) is 0 Å². The summed E-state index contributed by atoms with van der Waals surface area (Å²) in [6, 6.07) is 8.74. The van der Waals surface area contributed by atoms with Crippen molar-refractivity contribution in [3.05, 3.63) is 24.3 Å². The summed E-state index contributed by atoms with van der Waals surface area (Å²) in [5.74, 6) is 2.45. The predicted molar refractivity (Wildman–Crippen MR) is 104 cm³/mol. The molecule has 0 amide bonds. The van der Waals surface area contributed by atoms with Crippen molar-refractivity contribution < 1.29 is 9.47 Å². The number of aliphatic imine (C=N–C) groups is 1. The molecular formula is C20H30N4O2. The Morgan fingerprint density at radius 3 is 3.00 bits per heavy atom. The van der Waals surface area contributed by atoms with E-state index in [9.17, 15) is 0 Å². The third kappa shape index (κ3) is 3.75. The Hall–Kier alpha value is -1.95. The first kappa shape index (κ1) is 17.5. The summed E-state index contributed by atoms with van der Waals surface area (Å²) in [5, 5.41) is 7.09. The van der Waals surface area contributed by atoms with E-state index in [1.807, 2.05) is 13.1 Å². The van der Waals surface area contributed by atoms with Gasteiger partial charge in [0.2, 0.25) is 0 Å². The lowest BCUT2D eigenvalue weighted by Crippen LogP contribution is -2.48. The molecule has 142 valence electrons. The van der Waals surface area contributed by atoms with Crippen LogP contribution in [-0.2, 0) is 4.74 Å². The van der Waals surface area contributed by atoms with Gasteiger partial charge in [-0.15, -0.1) is 0 Å². The molecule has 0 aliphatic carbocycles. The minimum Gasteiger partial charge on any atom is -0.497 e. The van der Waals surface area contributed by atoms with Crippen LogP contribution < -0.4 is 20.3 Å². The average molecular weight is 358 g/mol. The lowest BCUT2D eigenvalue weighted by atomic mass is 9.96. The Balaban J connectivity index is 1.25. The van der Waals surface area contributed by atoms with Gasteiger partial charge in [0.25, 0.3) is 0 Å². The Labute approximate surface area is 156 Å². The number of guanidine groups is 1. The van der Waals surface area contributed by atoms with Gasteiger partial charge in [-0.05, 0) is 43.7 Å². The molecule has 4 rings (SSSR count). The first-order valence-electron chi connectivity index (χ1n) is 9.77. The number of ether oxygens (including phenoxy) is 2. The van der Waals surface area contributed by atoms with Crippen LogP contribution >= 0.6 is 0 Å². The fraction of sp³-hybridized carbons (Fsp3) is 0.650. The van der Waals surface area contributed by atoms with Crippen molar-refractivity contribution >= 4 is 11.6 Å². The number of hydrogen-bond donors (Lipinski definition) is 2. The largest absolute Gasteiger partial charge is 0.497 e. The zero-order chi connectivity index (χ0) is 17.9. The van der Waals surface area contributed by atoms with Crippen LogP contribution in [-0.4, -0.2) is 58.0 Å². The van der Waals surface area contributed by atoms with Gasteiger partial charge in [-0.3, -0.25) is 4.99 Å². The first-order valence-corrected chi connectivity index (χ1v) is 9.77. The number of hydrogen-bond acceptors (Lipinski definition) is 4. The van der Waals surface area contributed by atoms with Crippen molar-refractivity contribution in [1.29, 1.82) is 0 Å². The van der Waals surface area contributed by atoms with E-state index in [-0.39, 0.29) is 0 Å². The van der Waals surface area contributed by atoms with E-state index in [0.717, 1.165) is 37.8 Å². The van der Waals surface area contributed by atoms with E-state index >= 15 is 0 Å². The molecule has 3 heterocycles. The third-order valence-corrected chi connectivity index (χ3v) is 5.91. The molecule has 2 N–H and O–H groups in total. The van der Waals surface area contributed by atoms with Crippen LogP contribution in [0.1, 0.15) is 25.7 Å². The van der Waals surface area contributed by atoms with Crippen LogP contribution in [0.3, 0.4) is 0 Å². The van der Waals surface area contributed by atoms with Gasteiger partial charge in [0.1, 0.15) is 5.75 Å². The van der Waals surface area contributed by atoms with Crippen LogP contribution in [0.4, 0.5) is 5.69 Å². The standard InChI is InChI=1S/C20H30N4O2/c1-21-20(23-18-11-17-6-7-19(18)26-17)22-12-14-8-9-24(13-14)15-4-3-5-16(10-15)25-2/h3-5,10,14,17-19H,6-9,11-13H2,1-2H3,(H2,21,22,23). The monoisotopic (exact) mass is 358 g/mol. The molecular weight excluding hydrogens is 328 g/mol. The normalized spacial score (nSPS) is 30.7. The van der Waals surface area contributed by atoms with E-state index in [2.05, 4.69) is 38.7 Å². The molecule has 6 heteroatoms. The molecule has 3 saturated heterocycles. The lowest BCUT2D eigenvalue weighted by molar-refractivity contribution is 0.0992. The summed E-state index contributed by atoms with van der Waals surface area (Å²) in [6.45, 7) is 3.10. The van der Waals surface area contributed by atoms with Gasteiger partial charge < -0.3 is 25.0 Å². The first-order chi connectivity index (χ1) is 12.7. The molecule has 3 fully saturated rings. The maximum atomic E-state index is 5.93. The zero-order valence-corrected chi connectivity index (χ0v) is 15.8. The summed E-state index contributed by atoms with van der Waals surface area (Å²) in [4.78, 5) is 6.84. The van der Waals surface area contributed by atoms with Crippen molar-refractivity contribution in [2.75, 3.05) is 38.7 Å². The summed E-state index contributed by atoms with van der Waals surface area (Å²) in [5.41, 5.74) is 1.24. The number of benzene rings is 1. The second kappa shape index (κ2) is 7.74. The van der Waals surface area contributed by atoms with Gasteiger partial charge in [0.15, 0.2) is 5.96 Å². The topological polar surface area (TPSA) is 58.1 Å². The second-order valence-electron chi connectivity index (χ2n) is 7.62. The highest BCUT2D eigenvalue weighted by Crippen LogP contribution is 2.34. The minimum absolute atomic E-state index is 0.369. The summed E-state index contributed by atoms with van der Waals surface area (Å²) >= 11 is 0. The highest BCUT2D eigenvalue weighted by molar-refractivity contribution is 5.80. The maximum Gasteiger partial charge on any atom is 0.191 e. The van der Waals surface area contributed by atoms with Gasteiger partial charge in [-0.2, -0.15) is 0 Å². The summed E-state index contributed by atoms with van der Waals surface area (Å²) in [7, 11) is 3.57. The Kier molecular flexibility index (Phi) is 5.20. The van der Waals surface area contributed by atoms with Gasteiger partial charge in [0, 0.05) is 38.4 Å². The van der Waals surface area contributed by atoms with Gasteiger partial charge in [0.05, 0.1) is 25.4 Å². The number of fused-ring (bicyclic) bond motifs is 2. The van der Waals surface area contributed by atoms with E-state index in [1.54, 1.807) is 7.11 Å². The molecule has 3 aliphatic heterocycles. The van der Waals surface area contributed by atoms with Crippen molar-refractivity contribution in [1.82, 2.24) is 10.6 Å². The molecule has 0 radical (unpaired) electrons. The molecule has 2 bridgehead atoms. The number of nitrogens with zero attached hydrogens (tertiary/aromatic N) is 2. The fourth-order valence-corrected chi connectivity index (χ4v) is 4.44. The van der Waals surface area contributed by atoms with Gasteiger partial charge >= 0.3 is 0 Å². The Morgan fingerprint density at radius 2 is 2.27 bits per heavy atom. The molecule has 4 atom stereocenters. The predicted octanol–water partition coefficient (Wildman–Crippen LogP) is 2.01. The third-order valence-electron chi connectivity index (χ3n) is 5.91. The highest BCUT2D eigenvalue weighted by Gasteiger charge is 2.41. The molecule has 4 unspecified atom stereocenters. The second-order valence-corrected chi connectivity index (χ2v) is 7.62. The molecule has 0 aromatic heterocycles. The lowest BCUT2D eigenvalue weighted by Gasteiger charge is -2.24. The zero-order valence-electron chi connectivity index (χ0n) is 15.8. The smallest absolute Gasteiger partial charge is 0.191 e. The molecule has 6 nitrogen and oxygen atoms in total. The van der Waals surface area contributed by atoms with Gasteiger partial charge in [-0.1, -0.05) is 6.07 Å². The Bertz CT molecular complexity index is 650. The molecule has 0 saturated carbocycles. The van der Waals surface area contributed by atoms with Crippen LogP contribution in [0, 0.1) is 5.92 Å².